The van der Waals surface area contributed by atoms with Crippen molar-refractivity contribution in [3.8, 4) is 6.01 Å². The summed E-state index contributed by atoms with van der Waals surface area (Å²) in [7, 11) is 1.53. The van der Waals surface area contributed by atoms with Gasteiger partial charge in [-0.2, -0.15) is 4.98 Å². The number of nitrogens with zero attached hydrogens (tertiary/aromatic N) is 2. The Morgan fingerprint density at radius 2 is 2.47 bits per heavy atom. The number of hydrogen-bond acceptors (Lipinski definition) is 5. The molecule has 94 valence electrons. The van der Waals surface area contributed by atoms with Crippen LogP contribution >= 0.6 is 11.6 Å². The summed E-state index contributed by atoms with van der Waals surface area (Å²) in [5.41, 5.74) is 0. The van der Waals surface area contributed by atoms with E-state index in [1.807, 2.05) is 0 Å². The number of ether oxygens (including phenoxy) is 2. The maximum atomic E-state index is 5.99. The number of nitrogens with one attached hydrogen (secondary N) is 1. The lowest BCUT2D eigenvalue weighted by molar-refractivity contribution is 0.0247. The van der Waals surface area contributed by atoms with Crippen LogP contribution in [0.1, 0.15) is 19.3 Å². The van der Waals surface area contributed by atoms with E-state index < -0.39 is 0 Å². The van der Waals surface area contributed by atoms with Crippen molar-refractivity contribution >= 4 is 17.4 Å². The van der Waals surface area contributed by atoms with Gasteiger partial charge in [-0.1, -0.05) is 11.6 Å². The predicted molar refractivity (Wildman–Crippen MR) is 65.7 cm³/mol. The predicted octanol–water partition coefficient (Wildman–Crippen LogP) is 2.12. The van der Waals surface area contributed by atoms with Gasteiger partial charge >= 0.3 is 6.01 Å². The minimum Gasteiger partial charge on any atom is -0.467 e. The van der Waals surface area contributed by atoms with Gasteiger partial charge in [-0.15, -0.1) is 0 Å². The van der Waals surface area contributed by atoms with E-state index in [1.165, 1.54) is 19.7 Å². The summed E-state index contributed by atoms with van der Waals surface area (Å²) in [4.78, 5) is 8.06. The first-order valence-electron chi connectivity index (χ1n) is 5.71. The van der Waals surface area contributed by atoms with Crippen LogP contribution in [0.15, 0.2) is 6.20 Å². The van der Waals surface area contributed by atoms with Crippen molar-refractivity contribution in [3.63, 3.8) is 0 Å². The lowest BCUT2D eigenvalue weighted by atomic mass is 10.1. The maximum Gasteiger partial charge on any atom is 0.318 e. The molecule has 0 radical (unpaired) electrons. The van der Waals surface area contributed by atoms with Gasteiger partial charge in [0.2, 0.25) is 0 Å². The average Bonchev–Trinajstić information content (AvgIpc) is 2.39. The molecule has 1 aromatic heterocycles. The van der Waals surface area contributed by atoms with Gasteiger partial charge in [0, 0.05) is 13.2 Å². The Morgan fingerprint density at radius 1 is 1.59 bits per heavy atom. The molecule has 1 atom stereocenters. The molecule has 1 aliphatic heterocycles. The number of anilines is 1. The molecule has 0 bridgehead atoms. The number of methoxy groups -OCH3 is 1. The van der Waals surface area contributed by atoms with Gasteiger partial charge in [-0.3, -0.25) is 0 Å². The van der Waals surface area contributed by atoms with Crippen molar-refractivity contribution < 1.29 is 9.47 Å². The lowest BCUT2D eigenvalue weighted by Gasteiger charge is -2.23. The Morgan fingerprint density at radius 3 is 3.18 bits per heavy atom. The first kappa shape index (κ1) is 12.4. The Kier molecular flexibility index (Phi) is 4.39. The Balaban J connectivity index is 1.92. The van der Waals surface area contributed by atoms with Crippen LogP contribution in [-0.2, 0) is 4.74 Å². The number of hydrogen-bond donors (Lipinski definition) is 1. The molecular weight excluding hydrogens is 242 g/mol. The van der Waals surface area contributed by atoms with E-state index >= 15 is 0 Å². The second kappa shape index (κ2) is 6.02. The average molecular weight is 258 g/mol. The zero-order valence-corrected chi connectivity index (χ0v) is 10.5. The summed E-state index contributed by atoms with van der Waals surface area (Å²) < 4.78 is 10.6. The highest BCUT2D eigenvalue weighted by atomic mass is 35.5. The van der Waals surface area contributed by atoms with Crippen LogP contribution in [0.25, 0.3) is 0 Å². The molecule has 1 unspecified atom stereocenters. The second-order valence-electron chi connectivity index (χ2n) is 3.92. The Labute approximate surface area is 105 Å². The van der Waals surface area contributed by atoms with Crippen LogP contribution in [0, 0.1) is 0 Å². The molecule has 17 heavy (non-hydrogen) atoms. The minimum atomic E-state index is 0.237. The fraction of sp³-hybridized carbons (Fsp3) is 0.636. The summed E-state index contributed by atoms with van der Waals surface area (Å²) in [5, 5.41) is 3.66. The molecule has 0 saturated carbocycles. The third-order valence-electron chi connectivity index (χ3n) is 2.68. The van der Waals surface area contributed by atoms with Crippen LogP contribution in [0.5, 0.6) is 6.01 Å². The summed E-state index contributed by atoms with van der Waals surface area (Å²) in [6, 6.07) is 0.307. The molecule has 6 heteroatoms. The van der Waals surface area contributed by atoms with E-state index in [4.69, 9.17) is 21.1 Å². The van der Waals surface area contributed by atoms with Crippen LogP contribution < -0.4 is 10.1 Å². The molecule has 1 aliphatic rings. The first-order valence-corrected chi connectivity index (χ1v) is 6.09. The van der Waals surface area contributed by atoms with Crippen LogP contribution in [0.2, 0.25) is 5.02 Å². The Bertz CT molecular complexity index is 370. The molecule has 2 heterocycles. The molecule has 0 aromatic carbocycles. The van der Waals surface area contributed by atoms with E-state index in [-0.39, 0.29) is 6.10 Å². The van der Waals surface area contributed by atoms with Crippen molar-refractivity contribution in [1.29, 1.82) is 0 Å². The fourth-order valence-corrected chi connectivity index (χ4v) is 1.91. The van der Waals surface area contributed by atoms with Gasteiger partial charge in [0.25, 0.3) is 0 Å². The van der Waals surface area contributed by atoms with E-state index in [0.717, 1.165) is 19.4 Å². The fourth-order valence-electron chi connectivity index (χ4n) is 1.75. The van der Waals surface area contributed by atoms with Crippen LogP contribution in [0.4, 0.5) is 5.82 Å². The summed E-state index contributed by atoms with van der Waals surface area (Å²) in [6.45, 7) is 1.55. The summed E-state index contributed by atoms with van der Waals surface area (Å²) in [5.74, 6) is 0.590. The molecule has 0 aliphatic carbocycles. The highest BCUT2D eigenvalue weighted by Crippen LogP contribution is 2.21. The van der Waals surface area contributed by atoms with Gasteiger partial charge in [-0.25, -0.2) is 4.98 Å². The minimum absolute atomic E-state index is 0.237. The van der Waals surface area contributed by atoms with Crippen LogP contribution in [-0.4, -0.2) is 36.3 Å². The summed E-state index contributed by atoms with van der Waals surface area (Å²) in [6.07, 6.45) is 5.21. The molecular formula is C11H16ClN3O2. The monoisotopic (exact) mass is 257 g/mol. The lowest BCUT2D eigenvalue weighted by Crippen LogP contribution is -2.27. The van der Waals surface area contributed by atoms with E-state index in [0.29, 0.717) is 23.4 Å². The SMILES string of the molecule is COc1ncc(Cl)c(NCC2CCCCO2)n1. The molecule has 1 N–H and O–H groups in total. The van der Waals surface area contributed by atoms with Gasteiger partial charge in [0.15, 0.2) is 5.82 Å². The Hall–Kier alpha value is -1.07. The van der Waals surface area contributed by atoms with Gasteiger partial charge in [0.1, 0.15) is 5.02 Å². The van der Waals surface area contributed by atoms with E-state index in [9.17, 15) is 0 Å². The number of rotatable bonds is 4. The van der Waals surface area contributed by atoms with Gasteiger partial charge in [-0.05, 0) is 19.3 Å². The smallest absolute Gasteiger partial charge is 0.318 e. The largest absolute Gasteiger partial charge is 0.467 e. The van der Waals surface area contributed by atoms with Crippen molar-refractivity contribution in [1.82, 2.24) is 9.97 Å². The van der Waals surface area contributed by atoms with Gasteiger partial charge < -0.3 is 14.8 Å². The van der Waals surface area contributed by atoms with Crippen molar-refractivity contribution in [2.45, 2.75) is 25.4 Å². The quantitative estimate of drug-likeness (QED) is 0.895. The van der Waals surface area contributed by atoms with E-state index in [2.05, 4.69) is 15.3 Å². The first-order chi connectivity index (χ1) is 8.29. The van der Waals surface area contributed by atoms with E-state index in [1.54, 1.807) is 0 Å². The molecule has 0 spiro atoms. The third kappa shape index (κ3) is 3.44. The highest BCUT2D eigenvalue weighted by Gasteiger charge is 2.14. The normalized spacial score (nSPS) is 20.0. The standard InChI is InChI=1S/C11H16ClN3O2/c1-16-11-14-7-9(12)10(15-11)13-6-8-4-2-3-5-17-8/h7-8H,2-6H2,1H3,(H,13,14,15). The van der Waals surface area contributed by atoms with Crippen molar-refractivity contribution in [2.24, 2.45) is 0 Å². The van der Waals surface area contributed by atoms with Crippen molar-refractivity contribution in [3.05, 3.63) is 11.2 Å². The third-order valence-corrected chi connectivity index (χ3v) is 2.95. The molecule has 1 saturated heterocycles. The highest BCUT2D eigenvalue weighted by molar-refractivity contribution is 6.32. The van der Waals surface area contributed by atoms with Gasteiger partial charge in [0.05, 0.1) is 19.4 Å². The molecule has 5 nitrogen and oxygen atoms in total. The molecule has 0 amide bonds. The summed E-state index contributed by atoms with van der Waals surface area (Å²) >= 11 is 5.99. The topological polar surface area (TPSA) is 56.3 Å². The molecule has 2 rings (SSSR count). The second-order valence-corrected chi connectivity index (χ2v) is 4.33. The molecule has 1 fully saturated rings. The molecule has 1 aromatic rings. The zero-order chi connectivity index (χ0) is 12.1. The zero-order valence-electron chi connectivity index (χ0n) is 9.78. The van der Waals surface area contributed by atoms with Crippen LogP contribution in [0.3, 0.4) is 0 Å². The maximum absolute atomic E-state index is 5.99. The van der Waals surface area contributed by atoms with Crippen molar-refractivity contribution in [2.75, 3.05) is 25.6 Å². The number of halogens is 1. The number of aromatic nitrogens is 2.